The SMILES string of the molecule is Fc1c(F)c(F)c(-c2cccc(-c3nc4ccccc4c4c3cc(-c3ccccc3)c3nc(-c5ccccc5)c(-c5ccccc5)nc34)c2)c(F)c1F. The molecule has 0 saturated carbocycles. The van der Waals surface area contributed by atoms with Crippen molar-refractivity contribution in [1.29, 1.82) is 0 Å². The number of halogens is 5. The van der Waals surface area contributed by atoms with Crippen molar-refractivity contribution < 1.29 is 22.0 Å². The summed E-state index contributed by atoms with van der Waals surface area (Å²) >= 11 is 0. The second-order valence-electron chi connectivity index (χ2n) is 12.6. The van der Waals surface area contributed by atoms with Crippen LogP contribution in [0, 0.1) is 29.1 Å². The molecule has 53 heavy (non-hydrogen) atoms. The van der Waals surface area contributed by atoms with E-state index in [2.05, 4.69) is 0 Å². The highest BCUT2D eigenvalue weighted by atomic mass is 19.2. The van der Waals surface area contributed by atoms with Crippen LogP contribution in [0.25, 0.3) is 88.7 Å². The third-order valence-corrected chi connectivity index (χ3v) is 9.42. The van der Waals surface area contributed by atoms with Gasteiger partial charge in [0.2, 0.25) is 5.82 Å². The minimum absolute atomic E-state index is 0.193. The molecule has 0 spiro atoms. The number of rotatable bonds is 5. The Morgan fingerprint density at radius 3 is 1.45 bits per heavy atom. The molecule has 0 atom stereocenters. The van der Waals surface area contributed by atoms with E-state index in [1.807, 2.05) is 121 Å². The second kappa shape index (κ2) is 12.8. The summed E-state index contributed by atoms with van der Waals surface area (Å²) in [6, 6.07) is 44.9. The van der Waals surface area contributed by atoms with Crippen LogP contribution in [0.3, 0.4) is 0 Å². The molecule has 0 aliphatic heterocycles. The first-order chi connectivity index (χ1) is 25.9. The summed E-state index contributed by atoms with van der Waals surface area (Å²) in [5, 5.41) is 2.20. The number of nitrogens with zero attached hydrogens (tertiary/aromatic N) is 3. The van der Waals surface area contributed by atoms with Gasteiger partial charge in [-0.3, -0.25) is 0 Å². The molecular formula is C45H24F5N3. The van der Waals surface area contributed by atoms with Gasteiger partial charge in [-0.1, -0.05) is 127 Å². The summed E-state index contributed by atoms with van der Waals surface area (Å²) < 4.78 is 72.9. The van der Waals surface area contributed by atoms with Gasteiger partial charge in [0.15, 0.2) is 23.3 Å². The van der Waals surface area contributed by atoms with Gasteiger partial charge in [0, 0.05) is 38.4 Å². The van der Waals surface area contributed by atoms with Gasteiger partial charge in [-0.05, 0) is 29.3 Å². The molecule has 0 radical (unpaired) electrons. The van der Waals surface area contributed by atoms with Crippen molar-refractivity contribution in [2.24, 2.45) is 0 Å². The quantitative estimate of drug-likeness (QED) is 0.0776. The third kappa shape index (κ3) is 5.30. The van der Waals surface area contributed by atoms with Crippen LogP contribution in [-0.4, -0.2) is 15.0 Å². The Kier molecular flexibility index (Phi) is 7.73. The minimum atomic E-state index is -2.21. The summed E-state index contributed by atoms with van der Waals surface area (Å²) in [6.07, 6.45) is 0. The van der Waals surface area contributed by atoms with Gasteiger partial charge in [-0.2, -0.15) is 0 Å². The lowest BCUT2D eigenvalue weighted by Crippen LogP contribution is -2.04. The van der Waals surface area contributed by atoms with E-state index in [9.17, 15) is 13.2 Å². The second-order valence-corrected chi connectivity index (χ2v) is 12.6. The van der Waals surface area contributed by atoms with E-state index in [1.165, 1.54) is 18.2 Å². The number of hydrogen-bond donors (Lipinski definition) is 0. The minimum Gasteiger partial charge on any atom is -0.247 e. The number of para-hydroxylation sites is 1. The molecule has 0 aliphatic rings. The molecule has 2 aromatic heterocycles. The van der Waals surface area contributed by atoms with Crippen LogP contribution in [0.5, 0.6) is 0 Å². The van der Waals surface area contributed by atoms with Crippen molar-refractivity contribution in [3.05, 3.63) is 175 Å². The highest BCUT2D eigenvalue weighted by Crippen LogP contribution is 2.43. The predicted octanol–water partition coefficient (Wildman–Crippen LogP) is 12.4. The summed E-state index contributed by atoms with van der Waals surface area (Å²) in [7, 11) is 0. The van der Waals surface area contributed by atoms with Gasteiger partial charge < -0.3 is 0 Å². The zero-order chi connectivity index (χ0) is 36.2. The Hall–Kier alpha value is -6.80. The van der Waals surface area contributed by atoms with Crippen LogP contribution in [0.2, 0.25) is 0 Å². The third-order valence-electron chi connectivity index (χ3n) is 9.42. The molecule has 8 heteroatoms. The lowest BCUT2D eigenvalue weighted by molar-refractivity contribution is 0.381. The van der Waals surface area contributed by atoms with Gasteiger partial charge >= 0.3 is 0 Å². The zero-order valence-corrected chi connectivity index (χ0v) is 27.6. The average Bonchev–Trinajstić information content (AvgIpc) is 3.22. The number of aromatic nitrogens is 3. The zero-order valence-electron chi connectivity index (χ0n) is 27.6. The maximum absolute atomic E-state index is 15.1. The fraction of sp³-hybridized carbons (Fsp3) is 0. The fourth-order valence-electron chi connectivity index (χ4n) is 6.97. The number of fused-ring (bicyclic) bond motifs is 5. The number of benzene rings is 7. The van der Waals surface area contributed by atoms with Crippen molar-refractivity contribution >= 4 is 32.7 Å². The molecule has 0 amide bonds. The van der Waals surface area contributed by atoms with Gasteiger partial charge in [0.05, 0.1) is 39.2 Å². The first kappa shape index (κ1) is 32.1. The molecule has 0 N–H and O–H groups in total. The summed E-state index contributed by atoms with van der Waals surface area (Å²) in [4.78, 5) is 15.9. The van der Waals surface area contributed by atoms with Crippen LogP contribution in [0.4, 0.5) is 22.0 Å². The average molecular weight is 702 g/mol. The Balaban J connectivity index is 1.43. The number of hydrogen-bond acceptors (Lipinski definition) is 3. The van der Waals surface area contributed by atoms with Crippen LogP contribution >= 0.6 is 0 Å². The monoisotopic (exact) mass is 701 g/mol. The van der Waals surface area contributed by atoms with E-state index in [0.29, 0.717) is 44.6 Å². The molecule has 2 heterocycles. The topological polar surface area (TPSA) is 38.7 Å². The van der Waals surface area contributed by atoms with Crippen LogP contribution in [-0.2, 0) is 0 Å². The molecule has 0 aliphatic carbocycles. The summed E-state index contributed by atoms with van der Waals surface area (Å²) in [5.41, 5.74) is 6.27. The highest BCUT2D eigenvalue weighted by molar-refractivity contribution is 6.24. The van der Waals surface area contributed by atoms with Crippen LogP contribution in [0.1, 0.15) is 0 Å². The molecule has 254 valence electrons. The van der Waals surface area contributed by atoms with E-state index in [-0.39, 0.29) is 5.56 Å². The largest absolute Gasteiger partial charge is 0.247 e. The Morgan fingerprint density at radius 1 is 0.340 bits per heavy atom. The molecule has 3 nitrogen and oxygen atoms in total. The van der Waals surface area contributed by atoms with Crippen LogP contribution < -0.4 is 0 Å². The molecule has 0 saturated heterocycles. The van der Waals surface area contributed by atoms with Gasteiger partial charge in [-0.25, -0.2) is 36.9 Å². The van der Waals surface area contributed by atoms with E-state index in [0.717, 1.165) is 33.0 Å². The Labute approximate surface area is 299 Å². The van der Waals surface area contributed by atoms with E-state index >= 15 is 8.78 Å². The van der Waals surface area contributed by atoms with E-state index in [4.69, 9.17) is 15.0 Å². The van der Waals surface area contributed by atoms with Crippen molar-refractivity contribution in [3.63, 3.8) is 0 Å². The fourth-order valence-corrected chi connectivity index (χ4v) is 6.97. The highest BCUT2D eigenvalue weighted by Gasteiger charge is 2.27. The van der Waals surface area contributed by atoms with Gasteiger partial charge in [-0.15, -0.1) is 0 Å². The molecule has 0 fully saturated rings. The normalized spacial score (nSPS) is 11.5. The predicted molar refractivity (Wildman–Crippen MR) is 199 cm³/mol. The Morgan fingerprint density at radius 2 is 0.830 bits per heavy atom. The smallest absolute Gasteiger partial charge is 0.200 e. The summed E-state index contributed by atoms with van der Waals surface area (Å²) in [6.45, 7) is 0. The number of pyridine rings is 1. The molecular weight excluding hydrogens is 678 g/mol. The van der Waals surface area contributed by atoms with Crippen molar-refractivity contribution in [3.8, 4) is 56.0 Å². The lowest BCUT2D eigenvalue weighted by atomic mass is 9.92. The van der Waals surface area contributed by atoms with Crippen molar-refractivity contribution in [1.82, 2.24) is 15.0 Å². The maximum Gasteiger partial charge on any atom is 0.200 e. The molecule has 0 bridgehead atoms. The first-order valence-corrected chi connectivity index (χ1v) is 16.7. The molecule has 9 rings (SSSR count). The molecule has 9 aromatic rings. The summed E-state index contributed by atoms with van der Waals surface area (Å²) in [5.74, 6) is -10.1. The molecule has 0 unspecified atom stereocenters. The Bertz CT molecular complexity index is 2850. The van der Waals surface area contributed by atoms with Crippen LogP contribution in [0.15, 0.2) is 146 Å². The van der Waals surface area contributed by atoms with Crippen molar-refractivity contribution in [2.45, 2.75) is 0 Å². The maximum atomic E-state index is 15.1. The first-order valence-electron chi connectivity index (χ1n) is 16.7. The standard InChI is InChI=1S/C45H24F5N3/c46-36-34(37(47)39(49)40(50)38(36)48)28-19-12-20-29(23-28)41-32-24-31(25-13-4-1-5-14-25)44-45(35(32)30-21-10-11-22-33(30)51-41)53-43(27-17-8-3-9-18-27)42(52-44)26-15-6-2-7-16-26/h1-24H. The lowest BCUT2D eigenvalue weighted by Gasteiger charge is -2.18. The van der Waals surface area contributed by atoms with E-state index < -0.39 is 34.6 Å². The molecule has 7 aromatic carbocycles. The van der Waals surface area contributed by atoms with Gasteiger partial charge in [0.1, 0.15) is 0 Å². The van der Waals surface area contributed by atoms with E-state index in [1.54, 1.807) is 6.07 Å². The van der Waals surface area contributed by atoms with Gasteiger partial charge in [0.25, 0.3) is 0 Å². The van der Waals surface area contributed by atoms with Crippen molar-refractivity contribution in [2.75, 3.05) is 0 Å².